The largest absolute Gasteiger partial charge is 0.457 e. The standard InChI is InChI=1S/C61H50N6O/c1-38-31-57(62-36-50(38)39-17-8-7-9-18-39)67-53-30-27-40(61(2,3)4)32-47(53)46-29-28-43(34-56(46)67)68-42-20-16-19-41(33-42)65-37-66(55-26-15-14-25-54(55)65)60-58-48(44-21-10-12-23-51(44)63(58)5)35-49-45-22-11-13-24-52(45)64(6)59(49)60/h7-36H,37H2,1-6H3. The molecule has 68 heavy (non-hydrogen) atoms. The van der Waals surface area contributed by atoms with Crippen LogP contribution < -0.4 is 14.5 Å². The smallest absolute Gasteiger partial charge is 0.137 e. The normalized spacial score (nSPS) is 13.0. The molecule has 4 aromatic heterocycles. The van der Waals surface area contributed by atoms with Crippen molar-refractivity contribution in [2.45, 2.75) is 33.1 Å². The van der Waals surface area contributed by atoms with Crippen molar-refractivity contribution < 1.29 is 4.74 Å². The van der Waals surface area contributed by atoms with E-state index in [0.29, 0.717) is 6.67 Å². The predicted molar refractivity (Wildman–Crippen MR) is 284 cm³/mol. The van der Waals surface area contributed by atoms with Crippen LogP contribution in [0.3, 0.4) is 0 Å². The molecule has 0 fully saturated rings. The van der Waals surface area contributed by atoms with Gasteiger partial charge in [-0.3, -0.25) is 4.57 Å². The zero-order valence-corrected chi connectivity index (χ0v) is 39.1. The Bertz CT molecular complexity index is 3920. The number of aromatic nitrogens is 4. The minimum absolute atomic E-state index is 0.00130. The molecule has 0 bridgehead atoms. The number of ether oxygens (including phenoxy) is 1. The minimum atomic E-state index is 0.00130. The maximum absolute atomic E-state index is 6.89. The van der Waals surface area contributed by atoms with E-state index < -0.39 is 0 Å². The van der Waals surface area contributed by atoms with Gasteiger partial charge in [-0.25, -0.2) is 4.98 Å². The summed E-state index contributed by atoms with van der Waals surface area (Å²) in [4.78, 5) is 10.1. The molecule has 0 aliphatic carbocycles. The van der Waals surface area contributed by atoms with Gasteiger partial charge in [0.05, 0.1) is 39.1 Å². The predicted octanol–water partition coefficient (Wildman–Crippen LogP) is 15.8. The summed E-state index contributed by atoms with van der Waals surface area (Å²) in [6, 6.07) is 63.4. The second-order valence-electron chi connectivity index (χ2n) is 19.5. The molecule has 0 spiro atoms. The number of nitrogens with zero attached hydrogens (tertiary/aromatic N) is 6. The van der Waals surface area contributed by atoms with E-state index in [1.165, 1.54) is 65.8 Å². The second kappa shape index (κ2) is 14.9. The summed E-state index contributed by atoms with van der Waals surface area (Å²) in [5.74, 6) is 2.40. The highest BCUT2D eigenvalue weighted by atomic mass is 16.5. The molecule has 7 heteroatoms. The number of hydrogen-bond acceptors (Lipinski definition) is 4. The van der Waals surface area contributed by atoms with Crippen LogP contribution in [0.1, 0.15) is 31.9 Å². The maximum Gasteiger partial charge on any atom is 0.137 e. The summed E-state index contributed by atoms with van der Waals surface area (Å²) in [7, 11) is 4.42. The van der Waals surface area contributed by atoms with Crippen molar-refractivity contribution in [2.75, 3.05) is 16.5 Å². The van der Waals surface area contributed by atoms with E-state index in [9.17, 15) is 0 Å². The first kappa shape index (κ1) is 40.0. The van der Waals surface area contributed by atoms with E-state index in [-0.39, 0.29) is 5.41 Å². The summed E-state index contributed by atoms with van der Waals surface area (Å²) < 4.78 is 13.9. The van der Waals surface area contributed by atoms with Gasteiger partial charge in [0.1, 0.15) is 24.0 Å². The number of rotatable bonds is 6. The fourth-order valence-electron chi connectivity index (χ4n) is 11.1. The summed E-state index contributed by atoms with van der Waals surface area (Å²) in [6.45, 7) is 9.61. The van der Waals surface area contributed by atoms with Crippen molar-refractivity contribution in [1.82, 2.24) is 18.7 Å². The monoisotopic (exact) mass is 882 g/mol. The van der Waals surface area contributed by atoms with Crippen molar-refractivity contribution in [3.63, 3.8) is 0 Å². The van der Waals surface area contributed by atoms with Gasteiger partial charge in [-0.2, -0.15) is 0 Å². The van der Waals surface area contributed by atoms with Crippen LogP contribution in [0.15, 0.2) is 182 Å². The fraction of sp³-hybridized carbons (Fsp3) is 0.131. The van der Waals surface area contributed by atoms with Gasteiger partial charge in [0.15, 0.2) is 0 Å². The van der Waals surface area contributed by atoms with Gasteiger partial charge in [-0.05, 0) is 102 Å². The first-order valence-corrected chi connectivity index (χ1v) is 23.5. The molecule has 0 unspecified atom stereocenters. The van der Waals surface area contributed by atoms with E-state index in [2.05, 4.69) is 241 Å². The number of benzene rings is 8. The Morgan fingerprint density at radius 2 is 1.13 bits per heavy atom. The van der Waals surface area contributed by atoms with Gasteiger partial charge in [-0.15, -0.1) is 0 Å². The van der Waals surface area contributed by atoms with Gasteiger partial charge in [0.25, 0.3) is 0 Å². The van der Waals surface area contributed by atoms with E-state index in [4.69, 9.17) is 9.72 Å². The third-order valence-electron chi connectivity index (χ3n) is 14.4. The van der Waals surface area contributed by atoms with Crippen molar-refractivity contribution >= 4 is 88.2 Å². The molecule has 0 N–H and O–H groups in total. The molecule has 0 saturated carbocycles. The van der Waals surface area contributed by atoms with Gasteiger partial charge in [-0.1, -0.05) is 112 Å². The third kappa shape index (κ3) is 6.01. The van der Waals surface area contributed by atoms with Crippen LogP contribution >= 0.6 is 0 Å². The number of hydrogen-bond donors (Lipinski definition) is 0. The van der Waals surface area contributed by atoms with Crippen LogP contribution in [0.25, 0.3) is 82.4 Å². The molecule has 1 aliphatic heterocycles. The number of pyridine rings is 1. The zero-order valence-electron chi connectivity index (χ0n) is 39.1. The maximum atomic E-state index is 6.89. The summed E-state index contributed by atoms with van der Waals surface area (Å²) in [5.41, 5.74) is 16.4. The molecule has 5 heterocycles. The molecule has 0 saturated heterocycles. The van der Waals surface area contributed by atoms with Gasteiger partial charge in [0.2, 0.25) is 0 Å². The topological polar surface area (TPSA) is 43.4 Å². The highest BCUT2D eigenvalue weighted by molar-refractivity contribution is 6.25. The lowest BCUT2D eigenvalue weighted by Gasteiger charge is -2.25. The van der Waals surface area contributed by atoms with Crippen molar-refractivity contribution in [3.8, 4) is 28.4 Å². The van der Waals surface area contributed by atoms with Crippen LogP contribution in [0.4, 0.5) is 22.7 Å². The van der Waals surface area contributed by atoms with Crippen LogP contribution in [0.2, 0.25) is 0 Å². The molecule has 8 aromatic carbocycles. The summed E-state index contributed by atoms with van der Waals surface area (Å²) in [6.07, 6.45) is 2.01. The van der Waals surface area contributed by atoms with E-state index >= 15 is 0 Å². The van der Waals surface area contributed by atoms with Crippen LogP contribution in [0.5, 0.6) is 11.5 Å². The third-order valence-corrected chi connectivity index (χ3v) is 14.4. The van der Waals surface area contributed by atoms with Crippen LogP contribution in [-0.2, 0) is 19.5 Å². The summed E-state index contributed by atoms with van der Waals surface area (Å²) in [5, 5.41) is 7.40. The minimum Gasteiger partial charge on any atom is -0.457 e. The number of anilines is 4. The Morgan fingerprint density at radius 1 is 0.500 bits per heavy atom. The highest BCUT2D eigenvalue weighted by Crippen LogP contribution is 2.51. The molecule has 0 amide bonds. The molecule has 12 aromatic rings. The summed E-state index contributed by atoms with van der Waals surface area (Å²) >= 11 is 0. The van der Waals surface area contributed by atoms with Gasteiger partial charge < -0.3 is 23.7 Å². The lowest BCUT2D eigenvalue weighted by Crippen LogP contribution is -2.25. The lowest BCUT2D eigenvalue weighted by atomic mass is 9.86. The molecule has 0 atom stereocenters. The van der Waals surface area contributed by atoms with Gasteiger partial charge in [0, 0.05) is 87.0 Å². The molecular weight excluding hydrogens is 833 g/mol. The molecule has 7 nitrogen and oxygen atoms in total. The fourth-order valence-corrected chi connectivity index (χ4v) is 11.1. The Morgan fingerprint density at radius 3 is 1.82 bits per heavy atom. The number of fused-ring (bicyclic) bond motifs is 10. The van der Waals surface area contributed by atoms with Crippen molar-refractivity contribution in [1.29, 1.82) is 0 Å². The van der Waals surface area contributed by atoms with E-state index in [0.717, 1.165) is 61.9 Å². The molecule has 330 valence electrons. The molecular formula is C61H50N6O. The quantitative estimate of drug-likeness (QED) is 0.167. The Labute approximate surface area is 395 Å². The first-order chi connectivity index (χ1) is 33.1. The average molecular weight is 883 g/mol. The second-order valence-corrected chi connectivity index (χ2v) is 19.5. The average Bonchev–Trinajstić information content (AvgIpc) is 4.07. The van der Waals surface area contributed by atoms with E-state index in [1.807, 2.05) is 6.20 Å². The number of para-hydroxylation sites is 4. The Kier molecular flexibility index (Phi) is 8.75. The Hall–Kier alpha value is -8.29. The van der Waals surface area contributed by atoms with E-state index in [1.54, 1.807) is 0 Å². The Balaban J connectivity index is 0.914. The van der Waals surface area contributed by atoms with Crippen LogP contribution in [0, 0.1) is 6.92 Å². The van der Waals surface area contributed by atoms with Gasteiger partial charge >= 0.3 is 0 Å². The SMILES string of the molecule is Cc1cc(-n2c3ccc(C(C)(C)C)cc3c3ccc(Oc4cccc(N5CN(c6c7c(cc8c9ccccc9n(C)c68)c6ccccc6n7C)c6ccccc65)c4)cc32)ncc1-c1ccccc1. The van der Waals surface area contributed by atoms with Crippen molar-refractivity contribution in [2.24, 2.45) is 14.1 Å². The van der Waals surface area contributed by atoms with Crippen molar-refractivity contribution in [3.05, 3.63) is 193 Å². The molecule has 0 radical (unpaired) electrons. The molecule has 1 aliphatic rings. The lowest BCUT2D eigenvalue weighted by molar-refractivity contribution is 0.483. The zero-order chi connectivity index (χ0) is 46.0. The van der Waals surface area contributed by atoms with Crippen LogP contribution in [-0.4, -0.2) is 25.4 Å². The number of aryl methyl sites for hydroxylation is 3. The molecule has 13 rings (SSSR count). The highest BCUT2D eigenvalue weighted by Gasteiger charge is 2.33. The first-order valence-electron chi connectivity index (χ1n) is 23.5.